The predicted molar refractivity (Wildman–Crippen MR) is 240 cm³/mol. The second-order valence-corrected chi connectivity index (χ2v) is 15.4. The topological polar surface area (TPSA) is 95.4 Å². The van der Waals surface area contributed by atoms with Crippen LogP contribution in [0.2, 0.25) is 0 Å². The molecule has 0 unspecified atom stereocenters. The molecular weight excluding hydrogens is 830 g/mol. The van der Waals surface area contributed by atoms with Crippen molar-refractivity contribution in [3.63, 3.8) is 0 Å². The first-order chi connectivity index (χ1) is 31.1. The number of halogens is 3. The van der Waals surface area contributed by atoms with Crippen LogP contribution in [0.1, 0.15) is 11.1 Å². The maximum Gasteiger partial charge on any atom is 0.573 e. The van der Waals surface area contributed by atoms with E-state index in [1.54, 1.807) is 41.0 Å². The summed E-state index contributed by atoms with van der Waals surface area (Å²) in [5, 5.41) is 0. The highest BCUT2D eigenvalue weighted by Crippen LogP contribution is 2.29. The van der Waals surface area contributed by atoms with Crippen LogP contribution in [0.3, 0.4) is 0 Å². The molecule has 1 aromatic heterocycles. The Bertz CT molecular complexity index is 2090. The minimum atomic E-state index is -4.69. The molecule has 64 heavy (non-hydrogen) atoms. The van der Waals surface area contributed by atoms with E-state index in [1.807, 2.05) is 53.2 Å². The van der Waals surface area contributed by atoms with Gasteiger partial charge >= 0.3 is 6.36 Å². The summed E-state index contributed by atoms with van der Waals surface area (Å²) in [6, 6.07) is 25.8. The van der Waals surface area contributed by atoms with Gasteiger partial charge in [0.2, 0.25) is 0 Å². The number of aromatic nitrogens is 2. The van der Waals surface area contributed by atoms with Crippen molar-refractivity contribution in [2.75, 3.05) is 120 Å². The molecule has 0 saturated carbocycles. The third-order valence-electron chi connectivity index (χ3n) is 11.3. The molecule has 346 valence electrons. The zero-order valence-corrected chi connectivity index (χ0v) is 37.3. The summed E-state index contributed by atoms with van der Waals surface area (Å²) in [7, 11) is 6.62. The zero-order valence-electron chi connectivity index (χ0n) is 37.3. The van der Waals surface area contributed by atoms with Crippen molar-refractivity contribution in [3.8, 4) is 45.9 Å². The maximum absolute atomic E-state index is 12.2. The number of nitrogens with zero attached hydrogens (tertiary/aromatic N) is 6. The zero-order chi connectivity index (χ0) is 45.2. The lowest BCUT2D eigenvalue weighted by Gasteiger charge is -2.34. The van der Waals surface area contributed by atoms with Crippen LogP contribution in [0, 0.1) is 0 Å². The van der Waals surface area contributed by atoms with E-state index in [9.17, 15) is 13.2 Å². The summed E-state index contributed by atoms with van der Waals surface area (Å²) in [5.41, 5.74) is 3.57. The van der Waals surface area contributed by atoms with Crippen LogP contribution in [-0.2, 0) is 12.8 Å². The van der Waals surface area contributed by atoms with Gasteiger partial charge in [-0.05, 0) is 96.8 Å². The second kappa shape index (κ2) is 24.4. The Balaban J connectivity index is 0.000000213. The molecule has 3 heterocycles. The largest absolute Gasteiger partial charge is 0.573 e. The Morgan fingerprint density at radius 2 is 0.906 bits per heavy atom. The van der Waals surface area contributed by atoms with Crippen LogP contribution in [0.4, 0.5) is 13.2 Å². The average Bonchev–Trinajstić information content (AvgIpc) is 3.87. The Hall–Kier alpha value is -5.68. The van der Waals surface area contributed by atoms with Crippen LogP contribution < -0.4 is 33.2 Å². The molecular formula is C48H61F3N6O7. The minimum absolute atomic E-state index is 0.256. The summed E-state index contributed by atoms with van der Waals surface area (Å²) in [4.78, 5) is 13.9. The van der Waals surface area contributed by atoms with Crippen molar-refractivity contribution in [3.05, 3.63) is 115 Å². The summed E-state index contributed by atoms with van der Waals surface area (Å²) in [6.07, 6.45) is 2.77. The molecule has 2 fully saturated rings. The molecule has 0 spiro atoms. The highest BCUT2D eigenvalue weighted by molar-refractivity contribution is 5.44. The van der Waals surface area contributed by atoms with Crippen molar-refractivity contribution in [1.29, 1.82) is 0 Å². The quantitative estimate of drug-likeness (QED) is 0.0809. The van der Waals surface area contributed by atoms with Crippen molar-refractivity contribution >= 4 is 0 Å². The van der Waals surface area contributed by atoms with Gasteiger partial charge in [-0.25, -0.2) is 4.98 Å². The Morgan fingerprint density at radius 1 is 0.500 bits per heavy atom. The number of hydrogen-bond donors (Lipinski definition) is 0. The van der Waals surface area contributed by atoms with Crippen molar-refractivity contribution < 1.29 is 46.3 Å². The van der Waals surface area contributed by atoms with Crippen molar-refractivity contribution in [2.24, 2.45) is 0 Å². The SMILES string of the molecule is COc1ccc(CCN2CCN(CCOc3ccc(-n4ccnc4)cc3)CC2)cc1OC.COc1ccc(CCN2CCN(CCOc3ccc(OC(F)(F)F)cc3)CC2)cc1OC. The van der Waals surface area contributed by atoms with Gasteiger partial charge in [0, 0.05) is 96.6 Å². The van der Waals surface area contributed by atoms with E-state index in [-0.39, 0.29) is 5.75 Å². The Morgan fingerprint density at radius 3 is 1.30 bits per heavy atom. The number of rotatable bonds is 20. The van der Waals surface area contributed by atoms with Gasteiger partial charge in [-0.15, -0.1) is 13.2 Å². The summed E-state index contributed by atoms with van der Waals surface area (Å²) >= 11 is 0. The van der Waals surface area contributed by atoms with Crippen LogP contribution in [0.5, 0.6) is 40.2 Å². The third kappa shape index (κ3) is 15.2. The first-order valence-electron chi connectivity index (χ1n) is 21.6. The van der Waals surface area contributed by atoms with Gasteiger partial charge < -0.3 is 47.5 Å². The fourth-order valence-corrected chi connectivity index (χ4v) is 7.57. The maximum atomic E-state index is 12.2. The number of ether oxygens (including phenoxy) is 7. The van der Waals surface area contributed by atoms with Crippen molar-refractivity contribution in [2.45, 2.75) is 19.2 Å². The lowest BCUT2D eigenvalue weighted by molar-refractivity contribution is -0.274. The molecule has 2 saturated heterocycles. The van der Waals surface area contributed by atoms with Gasteiger partial charge in [-0.1, -0.05) is 12.1 Å². The first-order valence-corrected chi connectivity index (χ1v) is 21.6. The monoisotopic (exact) mass is 890 g/mol. The van der Waals surface area contributed by atoms with Gasteiger partial charge in [-0.3, -0.25) is 9.80 Å². The average molecular weight is 891 g/mol. The molecule has 7 rings (SSSR count). The molecule has 16 heteroatoms. The lowest BCUT2D eigenvalue weighted by atomic mass is 10.1. The second-order valence-electron chi connectivity index (χ2n) is 15.4. The van der Waals surface area contributed by atoms with E-state index in [1.165, 1.54) is 35.4 Å². The molecule has 5 aromatic rings. The molecule has 0 radical (unpaired) electrons. The molecule has 0 aliphatic carbocycles. The lowest BCUT2D eigenvalue weighted by Crippen LogP contribution is -2.47. The number of alkyl halides is 3. The summed E-state index contributed by atoms with van der Waals surface area (Å²) in [6.45, 7) is 13.1. The molecule has 4 aromatic carbocycles. The number of piperazine rings is 2. The van der Waals surface area contributed by atoms with Crippen molar-refractivity contribution in [1.82, 2.24) is 29.2 Å². The van der Waals surface area contributed by atoms with E-state index in [4.69, 9.17) is 28.4 Å². The number of benzene rings is 4. The molecule has 2 aliphatic heterocycles. The van der Waals surface area contributed by atoms with Gasteiger partial charge in [0.15, 0.2) is 23.0 Å². The van der Waals surface area contributed by atoms with Gasteiger partial charge in [0.05, 0.1) is 34.8 Å². The fraction of sp³-hybridized carbons (Fsp3) is 0.438. The number of hydrogen-bond acceptors (Lipinski definition) is 12. The van der Waals surface area contributed by atoms with Crippen LogP contribution in [-0.4, -0.2) is 156 Å². The predicted octanol–water partition coefficient (Wildman–Crippen LogP) is 6.97. The Labute approximate surface area is 374 Å². The van der Waals surface area contributed by atoms with E-state index >= 15 is 0 Å². The molecule has 2 aliphatic rings. The van der Waals surface area contributed by atoms with Gasteiger partial charge in [0.25, 0.3) is 0 Å². The summed E-state index contributed by atoms with van der Waals surface area (Å²) in [5.74, 6) is 4.23. The highest BCUT2D eigenvalue weighted by Gasteiger charge is 2.31. The van der Waals surface area contributed by atoms with E-state index in [0.29, 0.717) is 19.0 Å². The van der Waals surface area contributed by atoms with E-state index < -0.39 is 6.36 Å². The van der Waals surface area contributed by atoms with Crippen LogP contribution >= 0.6 is 0 Å². The summed E-state index contributed by atoms with van der Waals surface area (Å²) < 4.78 is 75.4. The smallest absolute Gasteiger partial charge is 0.493 e. The fourth-order valence-electron chi connectivity index (χ4n) is 7.57. The van der Waals surface area contributed by atoms with Crippen LogP contribution in [0.15, 0.2) is 104 Å². The first kappa shape index (κ1) is 47.8. The number of imidazole rings is 1. The highest BCUT2D eigenvalue weighted by atomic mass is 19.4. The normalized spacial score (nSPS) is 15.2. The van der Waals surface area contributed by atoms with E-state index in [0.717, 1.165) is 126 Å². The molecule has 13 nitrogen and oxygen atoms in total. The number of methoxy groups -OCH3 is 4. The molecule has 0 atom stereocenters. The minimum Gasteiger partial charge on any atom is -0.493 e. The van der Waals surface area contributed by atoms with Gasteiger partial charge in [-0.2, -0.15) is 0 Å². The molecule has 0 N–H and O–H groups in total. The third-order valence-corrected chi connectivity index (χ3v) is 11.3. The molecule has 0 bridgehead atoms. The van der Waals surface area contributed by atoms with Gasteiger partial charge in [0.1, 0.15) is 30.5 Å². The van der Waals surface area contributed by atoms with Crippen LogP contribution in [0.25, 0.3) is 5.69 Å². The van der Waals surface area contributed by atoms with E-state index in [2.05, 4.69) is 47.5 Å². The standard InChI is InChI=1S/C25H32N4O3.C23H29F3N2O4/c1-30-24-8-3-21(19-25(24)31-2)9-11-27-13-15-28(16-14-27)17-18-32-23-6-4-22(5-7-23)29-12-10-26-20-29;1-29-21-8-3-18(17-22(21)30-2)9-10-27-11-13-28(14-12-27)15-16-31-19-4-6-20(7-5-19)32-23(24,25)26/h3-8,10,12,19-20H,9,11,13-18H2,1-2H3;3-8,17H,9-16H2,1-2H3. The Kier molecular flexibility index (Phi) is 18.2. The molecule has 0 amide bonds.